The summed E-state index contributed by atoms with van der Waals surface area (Å²) in [5, 5.41) is 90.9. The van der Waals surface area contributed by atoms with Crippen LogP contribution in [0.3, 0.4) is 0 Å². The highest BCUT2D eigenvalue weighted by molar-refractivity contribution is 5.88. The number of ketones is 1. The molecule has 6 saturated heterocycles. The van der Waals surface area contributed by atoms with Crippen LogP contribution in [0.2, 0.25) is 0 Å². The molecule has 6 unspecified atom stereocenters. The third-order valence-electron chi connectivity index (χ3n) is 10.6. The molecule has 6 rings (SSSR count). The fourth-order valence-corrected chi connectivity index (χ4v) is 7.21. The van der Waals surface area contributed by atoms with Gasteiger partial charge in [-0.25, -0.2) is 32.3 Å². The number of urea groups is 3. The minimum Gasteiger partial charge on any atom is -0.466 e. The van der Waals surface area contributed by atoms with Crippen LogP contribution in [0.1, 0.15) is 33.1 Å². The number of amides is 6. The Morgan fingerprint density at radius 2 is 0.966 bits per heavy atom. The summed E-state index contributed by atoms with van der Waals surface area (Å²) in [6, 6.07) is -2.31. The number of aliphatic hydroxyl groups excluding tert-OH is 9. The molecule has 27 heteroatoms. The number of carbonyl (C=O) groups is 5. The zero-order valence-corrected chi connectivity index (χ0v) is 32.0. The summed E-state index contributed by atoms with van der Waals surface area (Å²) in [6.07, 6.45) is -16.4. The number of Topliss-reactive ketones (excluding diaryl/α,β-unsaturated/α-hetero) is 1. The van der Waals surface area contributed by atoms with Crippen LogP contribution in [0.15, 0.2) is 0 Å². The van der Waals surface area contributed by atoms with Crippen molar-refractivity contribution in [3.63, 3.8) is 0 Å². The molecule has 0 bridgehead atoms. The number of hydrogen-bond donors (Lipinski definition) is 12. The number of nitrogens with one attached hydrogen (secondary N) is 3. The number of carbonyl (C=O) groups excluding carboxylic acids is 5. The molecular formula is C32H51F3N6O18. The standard InChI is InChI=1S/C11H17FN2O7.C11H17FN2O6.C10H17FN2O5/c1-20-9(18)11(12)7(17)5(4-15)21-8(11)14-3-2-6(16)13-10(14)19;1-5(16)11(12)8(18)6(4-15)20-9(11)14-3-2-7(17)13-10(14)19;1-10(11)7(16)5(4-14)18-8(10)13-3-2-6(15)12-9(13)17/h5-8,15-17H,2-4H2,1H3,(H,13,19);6-9,15,17-18H,2-4H2,1H3,(H,13,19);5-8,14-16H,2-4H2,1H3,(H,12,17)/t5-,6?,7-,8?,11-;6-,7?,8-,9?,11+;5-,6?,7-,8?,10+/m111/s1. The Kier molecular flexibility index (Phi) is 15.3. The molecule has 338 valence electrons. The second-order valence-corrected chi connectivity index (χ2v) is 14.5. The van der Waals surface area contributed by atoms with Gasteiger partial charge in [-0.05, 0) is 13.8 Å². The largest absolute Gasteiger partial charge is 0.466 e. The summed E-state index contributed by atoms with van der Waals surface area (Å²) in [4.78, 5) is 61.3. The minimum absolute atomic E-state index is 0.0402. The van der Waals surface area contributed by atoms with Crippen LogP contribution in [0, 0.1) is 0 Å². The van der Waals surface area contributed by atoms with Gasteiger partial charge >= 0.3 is 24.1 Å². The summed E-state index contributed by atoms with van der Waals surface area (Å²) in [6.45, 7) is 0.0868. The Bertz CT molecular complexity index is 1540. The average molecular weight is 865 g/mol. The molecule has 0 saturated carbocycles. The molecule has 0 aromatic heterocycles. The van der Waals surface area contributed by atoms with Crippen molar-refractivity contribution >= 4 is 29.8 Å². The molecule has 6 aliphatic rings. The number of ether oxygens (including phenoxy) is 4. The van der Waals surface area contributed by atoms with E-state index in [0.29, 0.717) is 0 Å². The fraction of sp³-hybridized carbons (Fsp3) is 0.844. The Labute approximate surface area is 333 Å². The van der Waals surface area contributed by atoms with Crippen molar-refractivity contribution in [2.75, 3.05) is 46.6 Å². The molecule has 0 aliphatic carbocycles. The SMILES string of the molecule is CC(=O)[C@@]1(F)C(N2CCC(O)NC2=O)O[C@H](CO)[C@H]1O.COC(=O)[C@]1(F)C(N2CCC(O)NC2=O)O[C@H](CO)[C@H]1O.C[C@@]1(F)C(N2CCC(O)NC2=O)O[C@H](CO)[C@H]1O. The van der Waals surface area contributed by atoms with E-state index in [1.807, 2.05) is 0 Å². The topological polar surface area (TPSA) is 350 Å². The van der Waals surface area contributed by atoms with Crippen LogP contribution in [-0.2, 0) is 28.5 Å². The van der Waals surface area contributed by atoms with Gasteiger partial charge in [-0.2, -0.15) is 0 Å². The summed E-state index contributed by atoms with van der Waals surface area (Å²) in [5.41, 5.74) is -8.01. The molecule has 6 aliphatic heterocycles. The number of esters is 1. The number of alkyl halides is 3. The van der Waals surface area contributed by atoms with E-state index in [2.05, 4.69) is 20.7 Å². The lowest BCUT2D eigenvalue weighted by atomic mass is 9.91. The number of methoxy groups -OCH3 is 1. The molecule has 0 spiro atoms. The van der Waals surface area contributed by atoms with Crippen molar-refractivity contribution in [1.29, 1.82) is 0 Å². The molecule has 6 heterocycles. The number of nitrogens with zero attached hydrogens (tertiary/aromatic N) is 3. The van der Waals surface area contributed by atoms with Crippen molar-refractivity contribution in [2.24, 2.45) is 0 Å². The molecule has 12 N–H and O–H groups in total. The maximum atomic E-state index is 15.0. The van der Waals surface area contributed by atoms with E-state index in [1.54, 1.807) is 0 Å². The third-order valence-corrected chi connectivity index (χ3v) is 10.6. The van der Waals surface area contributed by atoms with E-state index >= 15 is 4.39 Å². The zero-order chi connectivity index (χ0) is 44.4. The molecule has 0 aromatic rings. The van der Waals surface area contributed by atoms with Gasteiger partial charge in [0.05, 0.1) is 26.9 Å². The summed E-state index contributed by atoms with van der Waals surface area (Å²) >= 11 is 0. The molecule has 0 radical (unpaired) electrons. The summed E-state index contributed by atoms with van der Waals surface area (Å²) in [7, 11) is 0.930. The van der Waals surface area contributed by atoms with E-state index in [0.717, 1.165) is 35.7 Å². The predicted octanol–water partition coefficient (Wildman–Crippen LogP) is -5.70. The first-order valence-corrected chi connectivity index (χ1v) is 18.3. The van der Waals surface area contributed by atoms with Gasteiger partial charge in [0.2, 0.25) is 5.67 Å². The molecule has 6 fully saturated rings. The van der Waals surface area contributed by atoms with E-state index in [4.69, 9.17) is 29.5 Å². The highest BCUT2D eigenvalue weighted by Gasteiger charge is 2.66. The summed E-state index contributed by atoms with van der Waals surface area (Å²) < 4.78 is 64.0. The predicted molar refractivity (Wildman–Crippen MR) is 183 cm³/mol. The van der Waals surface area contributed by atoms with Gasteiger partial charge in [-0.15, -0.1) is 0 Å². The molecule has 15 atom stereocenters. The molecular weight excluding hydrogens is 813 g/mol. The number of hydrogen-bond acceptors (Lipinski definition) is 18. The highest BCUT2D eigenvalue weighted by Crippen LogP contribution is 2.40. The monoisotopic (exact) mass is 864 g/mol. The Morgan fingerprint density at radius 1 is 0.644 bits per heavy atom. The lowest BCUT2D eigenvalue weighted by molar-refractivity contribution is -0.172. The number of aliphatic hydroxyl groups is 9. The van der Waals surface area contributed by atoms with Gasteiger partial charge in [-0.3, -0.25) is 19.5 Å². The van der Waals surface area contributed by atoms with Gasteiger partial charge in [0.1, 0.15) is 55.3 Å². The van der Waals surface area contributed by atoms with Crippen LogP contribution < -0.4 is 16.0 Å². The minimum atomic E-state index is -3.03. The molecule has 59 heavy (non-hydrogen) atoms. The van der Waals surface area contributed by atoms with Gasteiger partial charge in [0.15, 0.2) is 30.1 Å². The van der Waals surface area contributed by atoms with Crippen LogP contribution in [-0.4, -0.2) is 228 Å². The molecule has 6 amide bonds. The first-order valence-electron chi connectivity index (χ1n) is 18.3. The lowest BCUT2D eigenvalue weighted by Gasteiger charge is -2.38. The van der Waals surface area contributed by atoms with Crippen LogP contribution in [0.5, 0.6) is 0 Å². The highest BCUT2D eigenvalue weighted by atomic mass is 19.2. The van der Waals surface area contributed by atoms with Crippen molar-refractivity contribution < 1.29 is 102 Å². The van der Waals surface area contributed by atoms with Gasteiger partial charge in [0, 0.05) is 38.9 Å². The second kappa shape index (κ2) is 18.9. The number of halogens is 3. The smallest absolute Gasteiger partial charge is 0.351 e. The quantitative estimate of drug-likeness (QED) is 0.101. The zero-order valence-electron chi connectivity index (χ0n) is 32.0. The Hall–Kier alpha value is -3.74. The van der Waals surface area contributed by atoms with E-state index in [-0.39, 0.29) is 38.9 Å². The van der Waals surface area contributed by atoms with Crippen LogP contribution >= 0.6 is 0 Å². The first-order chi connectivity index (χ1) is 27.5. The van der Waals surface area contributed by atoms with Gasteiger partial charge in [-0.1, -0.05) is 0 Å². The van der Waals surface area contributed by atoms with Gasteiger partial charge in [0.25, 0.3) is 5.67 Å². The molecule has 24 nitrogen and oxygen atoms in total. The summed E-state index contributed by atoms with van der Waals surface area (Å²) in [5.74, 6) is -2.40. The van der Waals surface area contributed by atoms with E-state index in [1.165, 1.54) is 0 Å². The fourth-order valence-electron chi connectivity index (χ4n) is 7.21. The number of rotatable bonds is 8. The van der Waals surface area contributed by atoms with Crippen molar-refractivity contribution in [3.8, 4) is 0 Å². The second-order valence-electron chi connectivity index (χ2n) is 14.5. The Balaban J connectivity index is 0.000000196. The maximum Gasteiger partial charge on any atom is 0.351 e. The van der Waals surface area contributed by atoms with Crippen molar-refractivity contribution in [2.45, 2.75) is 124 Å². The normalized spacial score (nSPS) is 42.2. The molecule has 0 aromatic carbocycles. The Morgan fingerprint density at radius 3 is 1.29 bits per heavy atom. The van der Waals surface area contributed by atoms with Gasteiger partial charge < -0.3 is 80.9 Å². The lowest BCUT2D eigenvalue weighted by Crippen LogP contribution is -2.63. The van der Waals surface area contributed by atoms with Crippen molar-refractivity contribution in [3.05, 3.63) is 0 Å². The average Bonchev–Trinajstić information content (AvgIpc) is 3.70. The van der Waals surface area contributed by atoms with E-state index in [9.17, 15) is 63.4 Å². The van der Waals surface area contributed by atoms with E-state index < -0.39 is 141 Å². The maximum absolute atomic E-state index is 15.0. The first kappa shape index (κ1) is 47.9. The van der Waals surface area contributed by atoms with Crippen molar-refractivity contribution in [1.82, 2.24) is 30.7 Å². The van der Waals surface area contributed by atoms with Crippen LogP contribution in [0.4, 0.5) is 27.6 Å². The van der Waals surface area contributed by atoms with Crippen LogP contribution in [0.25, 0.3) is 0 Å². The third kappa shape index (κ3) is 9.15.